The number of nitrogens with zero attached hydrogens (tertiary/aromatic N) is 2. The summed E-state index contributed by atoms with van der Waals surface area (Å²) in [6, 6.07) is 0. The Bertz CT molecular complexity index is 868. The molecule has 0 radical (unpaired) electrons. The second-order valence-corrected chi connectivity index (χ2v) is 17.9. The maximum Gasteiger partial charge on any atom is 0.192 e. The molecule has 1 saturated carbocycles. The topological polar surface area (TPSA) is 88.7 Å². The van der Waals surface area contributed by atoms with Gasteiger partial charge in [-0.2, -0.15) is 0 Å². The Labute approximate surface area is 221 Å². The number of nitrogens with two attached hydrogens (primary N) is 1. The number of ether oxygens (including phenoxy) is 3. The van der Waals surface area contributed by atoms with Crippen molar-refractivity contribution < 1.29 is 18.6 Å². The number of halogens is 1. The first-order valence-corrected chi connectivity index (χ1v) is 17.1. The molecular weight excluding hydrogens is 502 g/mol. The molecule has 1 aromatic heterocycles. The maximum absolute atomic E-state index is 6.32. The molecule has 1 saturated heterocycles. The second kappa shape index (κ2) is 11.5. The summed E-state index contributed by atoms with van der Waals surface area (Å²) in [5, 5.41) is 1.21. The van der Waals surface area contributed by atoms with Crippen molar-refractivity contribution in [2.45, 2.75) is 115 Å². The second-order valence-electron chi connectivity index (χ2n) is 11.6. The molecule has 0 unspecified atom stereocenters. The van der Waals surface area contributed by atoms with Crippen LogP contribution in [0.3, 0.4) is 0 Å². The molecule has 1 aliphatic heterocycles. The SMILES string of the molecule is CCCSc1nc(Cl)c(N)c(CC[C@@H]2C[C@H](OCCO[Si](C)(C)C(C)(C)C)[C@H]3OC(C)(C)O[C@@H]23)n1. The van der Waals surface area contributed by atoms with Gasteiger partial charge in [-0.1, -0.05) is 51.1 Å². The van der Waals surface area contributed by atoms with Crippen LogP contribution in [0.1, 0.15) is 66.5 Å². The zero-order chi connectivity index (χ0) is 26.0. The molecule has 200 valence electrons. The predicted molar refractivity (Wildman–Crippen MR) is 146 cm³/mol. The Morgan fingerprint density at radius 1 is 1.17 bits per heavy atom. The van der Waals surface area contributed by atoms with Crippen LogP contribution in [0.2, 0.25) is 23.3 Å². The van der Waals surface area contributed by atoms with E-state index in [4.69, 9.17) is 41.0 Å². The molecule has 2 fully saturated rings. The highest BCUT2D eigenvalue weighted by Gasteiger charge is 2.54. The van der Waals surface area contributed by atoms with Crippen LogP contribution < -0.4 is 5.73 Å². The average Bonchev–Trinajstić information content (AvgIpc) is 3.23. The van der Waals surface area contributed by atoms with E-state index in [0.29, 0.717) is 35.6 Å². The Morgan fingerprint density at radius 2 is 1.86 bits per heavy atom. The Morgan fingerprint density at radius 3 is 2.51 bits per heavy atom. The Balaban J connectivity index is 1.61. The molecule has 10 heteroatoms. The molecule has 0 aromatic carbocycles. The smallest absolute Gasteiger partial charge is 0.192 e. The fourth-order valence-electron chi connectivity index (χ4n) is 4.43. The Hall–Kier alpha value is -0.423. The lowest BCUT2D eigenvalue weighted by Gasteiger charge is -2.36. The summed E-state index contributed by atoms with van der Waals surface area (Å²) in [7, 11) is -1.79. The molecule has 2 N–H and O–H groups in total. The highest BCUT2D eigenvalue weighted by atomic mass is 35.5. The number of nitrogen functional groups attached to an aromatic ring is 1. The third-order valence-electron chi connectivity index (χ3n) is 7.36. The molecule has 0 amide bonds. The van der Waals surface area contributed by atoms with Crippen LogP contribution in [-0.4, -0.2) is 61.4 Å². The van der Waals surface area contributed by atoms with Crippen LogP contribution in [0, 0.1) is 5.92 Å². The minimum absolute atomic E-state index is 0.0104. The quantitative estimate of drug-likeness (QED) is 0.117. The van der Waals surface area contributed by atoms with Gasteiger partial charge in [0.1, 0.15) is 6.10 Å². The third kappa shape index (κ3) is 7.33. The lowest BCUT2D eigenvalue weighted by molar-refractivity contribution is -0.171. The van der Waals surface area contributed by atoms with Crippen LogP contribution in [0.5, 0.6) is 0 Å². The van der Waals surface area contributed by atoms with Crippen molar-refractivity contribution in [1.82, 2.24) is 9.97 Å². The molecular formula is C25H44ClN3O4SSi. The van der Waals surface area contributed by atoms with E-state index in [2.05, 4.69) is 45.8 Å². The number of aryl methyl sites for hydroxylation is 1. The summed E-state index contributed by atoms with van der Waals surface area (Å²) >= 11 is 7.92. The molecule has 0 bridgehead atoms. The molecule has 2 aliphatic rings. The number of anilines is 1. The van der Waals surface area contributed by atoms with Gasteiger partial charge in [-0.3, -0.25) is 0 Å². The summed E-state index contributed by atoms with van der Waals surface area (Å²) in [6.45, 7) is 18.5. The number of rotatable bonds is 11. The first kappa shape index (κ1) is 29.1. The summed E-state index contributed by atoms with van der Waals surface area (Å²) < 4.78 is 25.2. The number of hydrogen-bond donors (Lipinski definition) is 1. The summed E-state index contributed by atoms with van der Waals surface area (Å²) in [4.78, 5) is 9.02. The molecule has 3 rings (SSSR count). The normalized spacial score (nSPS) is 26.3. The van der Waals surface area contributed by atoms with Gasteiger partial charge in [0.25, 0.3) is 0 Å². The lowest BCUT2D eigenvalue weighted by Crippen LogP contribution is -2.42. The average molecular weight is 546 g/mol. The zero-order valence-electron chi connectivity index (χ0n) is 22.7. The minimum atomic E-state index is -1.79. The number of hydrogen-bond acceptors (Lipinski definition) is 8. The van der Waals surface area contributed by atoms with Crippen LogP contribution in [0.25, 0.3) is 0 Å². The molecule has 35 heavy (non-hydrogen) atoms. The van der Waals surface area contributed by atoms with Crippen LogP contribution in [0.4, 0.5) is 5.69 Å². The van der Waals surface area contributed by atoms with Crippen molar-refractivity contribution in [3.8, 4) is 0 Å². The van der Waals surface area contributed by atoms with Crippen molar-refractivity contribution in [2.75, 3.05) is 24.7 Å². The van der Waals surface area contributed by atoms with E-state index < -0.39 is 14.1 Å². The number of fused-ring (bicyclic) bond motifs is 1. The molecule has 2 heterocycles. The van der Waals surface area contributed by atoms with E-state index in [1.165, 1.54) is 0 Å². The molecule has 7 nitrogen and oxygen atoms in total. The lowest BCUT2D eigenvalue weighted by atomic mass is 9.97. The monoisotopic (exact) mass is 545 g/mol. The summed E-state index contributed by atoms with van der Waals surface area (Å²) in [6.07, 6.45) is 3.40. The van der Waals surface area contributed by atoms with E-state index in [0.717, 1.165) is 30.7 Å². The van der Waals surface area contributed by atoms with Crippen molar-refractivity contribution in [2.24, 2.45) is 5.92 Å². The maximum atomic E-state index is 6.32. The van der Waals surface area contributed by atoms with E-state index in [-0.39, 0.29) is 29.3 Å². The Kier molecular flexibility index (Phi) is 9.60. The summed E-state index contributed by atoms with van der Waals surface area (Å²) in [5.41, 5.74) is 7.52. The van der Waals surface area contributed by atoms with Gasteiger partial charge in [0.2, 0.25) is 0 Å². The summed E-state index contributed by atoms with van der Waals surface area (Å²) in [5.74, 6) is 0.617. The van der Waals surface area contributed by atoms with Crippen molar-refractivity contribution in [1.29, 1.82) is 0 Å². The van der Waals surface area contributed by atoms with Crippen LogP contribution in [-0.2, 0) is 25.1 Å². The van der Waals surface area contributed by atoms with Gasteiger partial charge in [-0.15, -0.1) is 0 Å². The van der Waals surface area contributed by atoms with E-state index in [1.54, 1.807) is 11.8 Å². The third-order valence-corrected chi connectivity index (χ3v) is 13.2. The van der Waals surface area contributed by atoms with E-state index in [1.807, 2.05) is 13.8 Å². The number of thioether (sulfide) groups is 1. The molecule has 1 aromatic rings. The fourth-order valence-corrected chi connectivity index (χ4v) is 6.41. The van der Waals surface area contributed by atoms with Gasteiger partial charge < -0.3 is 24.4 Å². The van der Waals surface area contributed by atoms with Crippen molar-refractivity contribution in [3.05, 3.63) is 10.8 Å². The predicted octanol–water partition coefficient (Wildman–Crippen LogP) is 6.09. The minimum Gasteiger partial charge on any atom is -0.414 e. The van der Waals surface area contributed by atoms with Crippen LogP contribution in [0.15, 0.2) is 5.16 Å². The number of aromatic nitrogens is 2. The largest absolute Gasteiger partial charge is 0.414 e. The van der Waals surface area contributed by atoms with Gasteiger partial charge in [0, 0.05) is 5.75 Å². The highest BCUT2D eigenvalue weighted by molar-refractivity contribution is 7.99. The van der Waals surface area contributed by atoms with Gasteiger partial charge in [0.15, 0.2) is 24.4 Å². The van der Waals surface area contributed by atoms with Crippen molar-refractivity contribution in [3.63, 3.8) is 0 Å². The van der Waals surface area contributed by atoms with E-state index >= 15 is 0 Å². The molecule has 1 aliphatic carbocycles. The van der Waals surface area contributed by atoms with Crippen molar-refractivity contribution >= 4 is 37.4 Å². The fraction of sp³-hybridized carbons (Fsp3) is 0.840. The highest BCUT2D eigenvalue weighted by Crippen LogP contribution is 2.45. The zero-order valence-corrected chi connectivity index (χ0v) is 25.2. The van der Waals surface area contributed by atoms with Crippen LogP contribution >= 0.6 is 23.4 Å². The van der Waals surface area contributed by atoms with Gasteiger partial charge in [0.05, 0.1) is 36.8 Å². The van der Waals surface area contributed by atoms with Gasteiger partial charge in [-0.25, -0.2) is 9.97 Å². The van der Waals surface area contributed by atoms with Gasteiger partial charge in [-0.05, 0) is 63.6 Å². The molecule has 0 spiro atoms. The van der Waals surface area contributed by atoms with Gasteiger partial charge >= 0.3 is 0 Å². The standard InChI is InChI=1S/C25H44ClN3O4SSi/c1-9-14-34-23-28-17(19(27)22(26)29-23)11-10-16-15-18(21-20(16)32-25(5,6)33-21)30-12-13-31-35(7,8)24(2,3)4/h16,18,20-21H,9-15,27H2,1-8H3/t16-,18+,20+,21-/m1/s1. The first-order valence-electron chi connectivity index (χ1n) is 12.8. The molecule has 4 atom stereocenters. The first-order chi connectivity index (χ1) is 16.2. The van der Waals surface area contributed by atoms with E-state index in [9.17, 15) is 0 Å².